The molecule has 0 spiro atoms. The highest BCUT2D eigenvalue weighted by molar-refractivity contribution is 6.35. The van der Waals surface area contributed by atoms with E-state index in [0.29, 0.717) is 21.2 Å². The van der Waals surface area contributed by atoms with Crippen LogP contribution >= 0.6 is 23.2 Å². The Labute approximate surface area is 120 Å². The van der Waals surface area contributed by atoms with Crippen molar-refractivity contribution in [3.05, 3.63) is 79.8 Å². The normalized spacial score (nSPS) is 11.4. The molecule has 0 radical (unpaired) electrons. The maximum Gasteiger partial charge on any atom is 0.277 e. The van der Waals surface area contributed by atoms with Crippen LogP contribution in [0.4, 0.5) is 0 Å². The summed E-state index contributed by atoms with van der Waals surface area (Å²) < 4.78 is 0. The molecule has 0 fully saturated rings. The zero-order chi connectivity index (χ0) is 13.8. The van der Waals surface area contributed by atoms with Gasteiger partial charge in [0.15, 0.2) is 0 Å². The fourth-order valence-electron chi connectivity index (χ4n) is 1.62. The van der Waals surface area contributed by atoms with Gasteiger partial charge in [0.25, 0.3) is 5.70 Å². The van der Waals surface area contributed by atoms with E-state index >= 15 is 0 Å². The molecular weight excluding hydrogens is 285 g/mol. The summed E-state index contributed by atoms with van der Waals surface area (Å²) in [7, 11) is 0. The molecule has 5 heteroatoms. The third-order valence-electron chi connectivity index (χ3n) is 2.52. The summed E-state index contributed by atoms with van der Waals surface area (Å²) in [5.41, 5.74) is 1.07. The Hall–Kier alpha value is -1.84. The second-order valence-electron chi connectivity index (χ2n) is 3.82. The van der Waals surface area contributed by atoms with E-state index in [9.17, 15) is 10.1 Å². The number of nitrogens with zero attached hydrogens (tertiary/aromatic N) is 1. The molecule has 0 N–H and O–H groups in total. The summed E-state index contributed by atoms with van der Waals surface area (Å²) >= 11 is 11.8. The minimum Gasteiger partial charge on any atom is -0.258 e. The fourth-order valence-corrected chi connectivity index (χ4v) is 2.08. The Balaban J connectivity index is 2.51. The van der Waals surface area contributed by atoms with Gasteiger partial charge in [0.1, 0.15) is 0 Å². The van der Waals surface area contributed by atoms with Crippen LogP contribution in [0.2, 0.25) is 10.0 Å². The molecule has 19 heavy (non-hydrogen) atoms. The molecule has 2 rings (SSSR count). The lowest BCUT2D eigenvalue weighted by Gasteiger charge is -2.01. The number of halogens is 2. The maximum absolute atomic E-state index is 11.2. The van der Waals surface area contributed by atoms with Crippen LogP contribution in [0.25, 0.3) is 11.8 Å². The predicted molar refractivity (Wildman–Crippen MR) is 77.8 cm³/mol. The van der Waals surface area contributed by atoms with E-state index in [0.717, 1.165) is 0 Å². The van der Waals surface area contributed by atoms with E-state index in [2.05, 4.69) is 0 Å². The van der Waals surface area contributed by atoms with E-state index in [-0.39, 0.29) is 5.70 Å². The lowest BCUT2D eigenvalue weighted by Crippen LogP contribution is -1.97. The highest BCUT2D eigenvalue weighted by Crippen LogP contribution is 2.26. The average molecular weight is 294 g/mol. The first kappa shape index (κ1) is 13.6. The standard InChI is InChI=1S/C14H9Cl2NO2/c15-12-7-6-11(13(16)9-12)8-14(17(18)19)10-4-2-1-3-5-10/h1-9H. The second kappa shape index (κ2) is 5.87. The van der Waals surface area contributed by atoms with Gasteiger partial charge in [-0.3, -0.25) is 10.1 Å². The molecule has 0 aliphatic rings. The van der Waals surface area contributed by atoms with Crippen molar-refractivity contribution in [2.24, 2.45) is 0 Å². The number of hydrogen-bond acceptors (Lipinski definition) is 2. The van der Waals surface area contributed by atoms with Crippen LogP contribution in [-0.2, 0) is 0 Å². The van der Waals surface area contributed by atoms with Gasteiger partial charge >= 0.3 is 0 Å². The monoisotopic (exact) mass is 293 g/mol. The Morgan fingerprint density at radius 3 is 2.37 bits per heavy atom. The van der Waals surface area contributed by atoms with E-state index in [1.807, 2.05) is 0 Å². The van der Waals surface area contributed by atoms with Crippen LogP contribution < -0.4 is 0 Å². The molecule has 0 bridgehead atoms. The Morgan fingerprint density at radius 1 is 1.11 bits per heavy atom. The van der Waals surface area contributed by atoms with Gasteiger partial charge in [-0.25, -0.2) is 0 Å². The molecule has 0 saturated heterocycles. The van der Waals surface area contributed by atoms with E-state index < -0.39 is 4.92 Å². The van der Waals surface area contributed by atoms with Gasteiger partial charge in [-0.1, -0.05) is 47.5 Å². The quantitative estimate of drug-likeness (QED) is 0.465. The van der Waals surface area contributed by atoms with Crippen LogP contribution in [0.3, 0.4) is 0 Å². The molecule has 96 valence electrons. The maximum atomic E-state index is 11.2. The van der Waals surface area contributed by atoms with Gasteiger partial charge in [0.2, 0.25) is 0 Å². The Kier molecular flexibility index (Phi) is 4.20. The molecule has 0 unspecified atom stereocenters. The van der Waals surface area contributed by atoms with Crippen molar-refractivity contribution in [3.63, 3.8) is 0 Å². The van der Waals surface area contributed by atoms with E-state index in [4.69, 9.17) is 23.2 Å². The summed E-state index contributed by atoms with van der Waals surface area (Å²) in [5, 5.41) is 12.0. The molecule has 0 heterocycles. The Bertz CT molecular complexity index is 639. The lowest BCUT2D eigenvalue weighted by molar-refractivity contribution is -0.374. The van der Waals surface area contributed by atoms with Gasteiger partial charge in [-0.15, -0.1) is 0 Å². The summed E-state index contributed by atoms with van der Waals surface area (Å²) in [5.74, 6) is 0. The largest absolute Gasteiger partial charge is 0.277 e. The summed E-state index contributed by atoms with van der Waals surface area (Å²) in [6.07, 6.45) is 1.44. The fraction of sp³-hybridized carbons (Fsp3) is 0. The number of rotatable bonds is 3. The van der Waals surface area contributed by atoms with Gasteiger partial charge in [-0.05, 0) is 29.8 Å². The van der Waals surface area contributed by atoms with Crippen LogP contribution in [0.5, 0.6) is 0 Å². The molecule has 0 aliphatic heterocycles. The molecule has 0 saturated carbocycles. The highest BCUT2D eigenvalue weighted by Gasteiger charge is 2.14. The highest BCUT2D eigenvalue weighted by atomic mass is 35.5. The molecule has 0 aromatic heterocycles. The van der Waals surface area contributed by atoms with Crippen molar-refractivity contribution >= 4 is 35.0 Å². The molecule has 0 amide bonds. The predicted octanol–water partition coefficient (Wildman–Crippen LogP) is 4.77. The van der Waals surface area contributed by atoms with Gasteiger partial charge < -0.3 is 0 Å². The SMILES string of the molecule is O=[N+]([O-])C(=Cc1ccc(Cl)cc1Cl)c1ccccc1. The first-order valence-electron chi connectivity index (χ1n) is 5.44. The summed E-state index contributed by atoms with van der Waals surface area (Å²) in [6, 6.07) is 13.5. The van der Waals surface area contributed by atoms with Gasteiger partial charge in [0.05, 0.1) is 10.5 Å². The number of nitro groups is 1. The zero-order valence-corrected chi connectivity index (χ0v) is 11.2. The smallest absolute Gasteiger partial charge is 0.258 e. The second-order valence-corrected chi connectivity index (χ2v) is 4.66. The van der Waals surface area contributed by atoms with Crippen molar-refractivity contribution < 1.29 is 4.92 Å². The number of benzene rings is 2. The van der Waals surface area contributed by atoms with E-state index in [1.165, 1.54) is 6.08 Å². The van der Waals surface area contributed by atoms with Crippen molar-refractivity contribution in [2.75, 3.05) is 0 Å². The van der Waals surface area contributed by atoms with E-state index in [1.54, 1.807) is 48.5 Å². The third kappa shape index (κ3) is 3.34. The average Bonchev–Trinajstić information content (AvgIpc) is 2.38. The van der Waals surface area contributed by atoms with Gasteiger partial charge in [-0.2, -0.15) is 0 Å². The van der Waals surface area contributed by atoms with Gasteiger partial charge in [0, 0.05) is 16.1 Å². The third-order valence-corrected chi connectivity index (χ3v) is 3.08. The molecule has 0 aliphatic carbocycles. The van der Waals surface area contributed by atoms with Crippen molar-refractivity contribution in [1.82, 2.24) is 0 Å². The van der Waals surface area contributed by atoms with Crippen LogP contribution in [0, 0.1) is 10.1 Å². The van der Waals surface area contributed by atoms with Crippen LogP contribution in [-0.4, -0.2) is 4.92 Å². The van der Waals surface area contributed by atoms with Crippen LogP contribution in [0.1, 0.15) is 11.1 Å². The Morgan fingerprint density at radius 2 is 1.79 bits per heavy atom. The number of hydrogen-bond donors (Lipinski definition) is 0. The molecule has 3 nitrogen and oxygen atoms in total. The minimum absolute atomic E-state index is 0.00942. The molecule has 2 aromatic rings. The van der Waals surface area contributed by atoms with Crippen molar-refractivity contribution in [3.8, 4) is 0 Å². The minimum atomic E-state index is -0.430. The zero-order valence-electron chi connectivity index (χ0n) is 9.72. The van der Waals surface area contributed by atoms with Crippen molar-refractivity contribution in [2.45, 2.75) is 0 Å². The summed E-state index contributed by atoms with van der Waals surface area (Å²) in [4.78, 5) is 10.7. The van der Waals surface area contributed by atoms with Crippen LogP contribution in [0.15, 0.2) is 48.5 Å². The molecule has 0 atom stereocenters. The first-order chi connectivity index (χ1) is 9.08. The first-order valence-corrected chi connectivity index (χ1v) is 6.20. The molecule has 2 aromatic carbocycles. The van der Waals surface area contributed by atoms with Crippen molar-refractivity contribution in [1.29, 1.82) is 0 Å². The molecular formula is C14H9Cl2NO2. The lowest BCUT2D eigenvalue weighted by atomic mass is 10.1. The summed E-state index contributed by atoms with van der Waals surface area (Å²) in [6.45, 7) is 0. The topological polar surface area (TPSA) is 43.1 Å².